The van der Waals surface area contributed by atoms with Gasteiger partial charge in [0, 0.05) is 5.56 Å². The molecule has 18 heavy (non-hydrogen) atoms. The number of benzene rings is 1. The van der Waals surface area contributed by atoms with Gasteiger partial charge in [0.2, 0.25) is 0 Å². The van der Waals surface area contributed by atoms with E-state index in [1.54, 1.807) is 18.2 Å². The topological polar surface area (TPSA) is 69.9 Å². The average Bonchev–Trinajstić information content (AvgIpc) is 2.61. The molecule has 1 saturated heterocycles. The van der Waals surface area contributed by atoms with Crippen LogP contribution in [0.15, 0.2) is 18.2 Å². The molecule has 4 nitrogen and oxygen atoms in total. The minimum atomic E-state index is -1.66. The molecule has 1 unspecified atom stereocenters. The summed E-state index contributed by atoms with van der Waals surface area (Å²) in [7, 11) is 0. The number of rotatable bonds is 2. The predicted molar refractivity (Wildman–Crippen MR) is 67.8 cm³/mol. The molecule has 100 valence electrons. The average molecular weight is 293 g/mol. The maximum absolute atomic E-state index is 10.5. The number of hydrogen-bond donors (Lipinski definition) is 3. The highest BCUT2D eigenvalue weighted by Gasteiger charge is 2.51. The van der Waals surface area contributed by atoms with E-state index in [9.17, 15) is 15.3 Å². The number of hydrogen-bond acceptors (Lipinski definition) is 4. The molecule has 1 heterocycles. The second kappa shape index (κ2) is 4.96. The van der Waals surface area contributed by atoms with Gasteiger partial charge in [-0.1, -0.05) is 35.3 Å². The zero-order valence-corrected chi connectivity index (χ0v) is 11.2. The van der Waals surface area contributed by atoms with Crippen molar-refractivity contribution in [2.45, 2.75) is 30.8 Å². The minimum absolute atomic E-state index is 0.149. The summed E-state index contributed by atoms with van der Waals surface area (Å²) in [4.78, 5) is 0. The summed E-state index contributed by atoms with van der Waals surface area (Å²) in [6.07, 6.45) is -3.02. The van der Waals surface area contributed by atoms with Crippen molar-refractivity contribution in [3.8, 4) is 0 Å². The first-order chi connectivity index (χ1) is 8.38. The van der Waals surface area contributed by atoms with Crippen LogP contribution in [0, 0.1) is 0 Å². The Kier molecular flexibility index (Phi) is 3.88. The van der Waals surface area contributed by atoms with Gasteiger partial charge < -0.3 is 20.1 Å². The first-order valence-corrected chi connectivity index (χ1v) is 6.28. The summed E-state index contributed by atoms with van der Waals surface area (Å²) in [6.45, 7) is 1.34. The second-order valence-corrected chi connectivity index (χ2v) is 5.27. The molecule has 2 rings (SSSR count). The fourth-order valence-electron chi connectivity index (χ4n) is 2.15. The highest BCUT2D eigenvalue weighted by molar-refractivity contribution is 6.42. The fourth-order valence-corrected chi connectivity index (χ4v) is 2.61. The molecule has 0 aliphatic carbocycles. The molecule has 1 aliphatic rings. The predicted octanol–water partition coefficient (Wildman–Crippen LogP) is 1.32. The summed E-state index contributed by atoms with van der Waals surface area (Å²) >= 11 is 11.9. The maximum atomic E-state index is 10.5. The molecule has 0 radical (unpaired) electrons. The monoisotopic (exact) mass is 292 g/mol. The summed E-state index contributed by atoms with van der Waals surface area (Å²) in [5, 5.41) is 30.6. The Labute approximate surface area is 115 Å². The van der Waals surface area contributed by atoms with Gasteiger partial charge in [0.05, 0.1) is 22.8 Å². The van der Waals surface area contributed by atoms with Crippen molar-refractivity contribution in [3.05, 3.63) is 33.8 Å². The van der Waals surface area contributed by atoms with Crippen LogP contribution in [0.4, 0.5) is 0 Å². The van der Waals surface area contributed by atoms with Gasteiger partial charge in [-0.15, -0.1) is 0 Å². The second-order valence-electron chi connectivity index (χ2n) is 4.49. The SMILES string of the molecule is CC(O)[C@H]1OC[C@@](O)(c2cccc(Cl)c2Cl)[C@@H]1O. The molecule has 1 aliphatic heterocycles. The lowest BCUT2D eigenvalue weighted by molar-refractivity contribution is -0.0720. The number of halogens is 2. The van der Waals surface area contributed by atoms with Gasteiger partial charge >= 0.3 is 0 Å². The van der Waals surface area contributed by atoms with E-state index in [1.807, 2.05) is 0 Å². The third-order valence-corrected chi connectivity index (χ3v) is 4.01. The van der Waals surface area contributed by atoms with E-state index in [1.165, 1.54) is 6.92 Å². The zero-order valence-electron chi connectivity index (χ0n) is 9.68. The van der Waals surface area contributed by atoms with Crippen molar-refractivity contribution in [3.63, 3.8) is 0 Å². The Morgan fingerprint density at radius 2 is 2.11 bits per heavy atom. The normalized spacial score (nSPS) is 33.7. The standard InChI is InChI=1S/C12H14Cl2O4/c1-6(15)10-11(16)12(17,5-18-10)7-3-2-4-8(13)9(7)14/h2-4,6,10-11,15-17H,5H2,1H3/t6?,10-,11-,12-/m1/s1. The van der Waals surface area contributed by atoms with Crippen LogP contribution in [0.3, 0.4) is 0 Å². The van der Waals surface area contributed by atoms with E-state index in [2.05, 4.69) is 0 Å². The molecule has 0 spiro atoms. The fraction of sp³-hybridized carbons (Fsp3) is 0.500. The van der Waals surface area contributed by atoms with Crippen LogP contribution >= 0.6 is 23.2 Å². The van der Waals surface area contributed by atoms with Crippen LogP contribution in [0.1, 0.15) is 12.5 Å². The lowest BCUT2D eigenvalue weighted by Gasteiger charge is -2.28. The molecule has 1 aromatic rings. The molecule has 1 aromatic carbocycles. The molecule has 0 amide bonds. The van der Waals surface area contributed by atoms with Crippen LogP contribution in [0.5, 0.6) is 0 Å². The van der Waals surface area contributed by atoms with Crippen molar-refractivity contribution in [2.24, 2.45) is 0 Å². The smallest absolute Gasteiger partial charge is 0.143 e. The summed E-state index contributed by atoms with van der Waals surface area (Å²) in [6, 6.07) is 4.79. The summed E-state index contributed by atoms with van der Waals surface area (Å²) in [5.74, 6) is 0. The van der Waals surface area contributed by atoms with E-state index in [-0.39, 0.29) is 16.7 Å². The Hall–Kier alpha value is -0.360. The minimum Gasteiger partial charge on any atom is -0.391 e. The maximum Gasteiger partial charge on any atom is 0.143 e. The van der Waals surface area contributed by atoms with Gasteiger partial charge in [0.25, 0.3) is 0 Å². The Balaban J connectivity index is 2.41. The van der Waals surface area contributed by atoms with Gasteiger partial charge in [0.15, 0.2) is 0 Å². The Bertz CT molecular complexity index is 452. The molecule has 0 saturated carbocycles. The first kappa shape index (κ1) is 14.1. The van der Waals surface area contributed by atoms with E-state index in [0.29, 0.717) is 5.56 Å². The molecule has 3 N–H and O–H groups in total. The van der Waals surface area contributed by atoms with E-state index >= 15 is 0 Å². The van der Waals surface area contributed by atoms with Gasteiger partial charge in [-0.25, -0.2) is 0 Å². The third-order valence-electron chi connectivity index (χ3n) is 3.19. The zero-order chi connectivity index (χ0) is 13.5. The van der Waals surface area contributed by atoms with Crippen molar-refractivity contribution in [1.29, 1.82) is 0 Å². The molecule has 4 atom stereocenters. The Morgan fingerprint density at radius 1 is 1.44 bits per heavy atom. The van der Waals surface area contributed by atoms with Crippen LogP contribution < -0.4 is 0 Å². The lowest BCUT2D eigenvalue weighted by atomic mass is 9.87. The molecule has 0 bridgehead atoms. The van der Waals surface area contributed by atoms with Gasteiger partial charge in [-0.2, -0.15) is 0 Å². The summed E-state index contributed by atoms with van der Waals surface area (Å²) in [5.41, 5.74) is -1.36. The van der Waals surface area contributed by atoms with Crippen molar-refractivity contribution in [1.82, 2.24) is 0 Å². The number of aliphatic hydroxyl groups is 3. The van der Waals surface area contributed by atoms with Gasteiger partial charge in [-0.05, 0) is 13.0 Å². The molecular formula is C12H14Cl2O4. The molecular weight excluding hydrogens is 279 g/mol. The van der Waals surface area contributed by atoms with Crippen LogP contribution in [0.25, 0.3) is 0 Å². The molecule has 0 aromatic heterocycles. The molecule has 1 fully saturated rings. The van der Waals surface area contributed by atoms with Crippen molar-refractivity contribution in [2.75, 3.05) is 6.61 Å². The van der Waals surface area contributed by atoms with Crippen molar-refractivity contribution >= 4 is 23.2 Å². The molecule has 6 heteroatoms. The largest absolute Gasteiger partial charge is 0.391 e. The number of aliphatic hydroxyl groups excluding tert-OH is 2. The highest BCUT2D eigenvalue weighted by Crippen LogP contribution is 2.40. The lowest BCUT2D eigenvalue weighted by Crippen LogP contribution is -2.44. The van der Waals surface area contributed by atoms with Crippen LogP contribution in [0.2, 0.25) is 10.0 Å². The van der Waals surface area contributed by atoms with Gasteiger partial charge in [-0.3, -0.25) is 0 Å². The van der Waals surface area contributed by atoms with E-state index in [0.717, 1.165) is 0 Å². The van der Waals surface area contributed by atoms with Crippen LogP contribution in [-0.2, 0) is 10.3 Å². The number of ether oxygens (including phenoxy) is 1. The van der Waals surface area contributed by atoms with Crippen molar-refractivity contribution < 1.29 is 20.1 Å². The quantitative estimate of drug-likeness (QED) is 0.769. The Morgan fingerprint density at radius 3 is 2.67 bits per heavy atom. The van der Waals surface area contributed by atoms with E-state index < -0.39 is 23.9 Å². The van der Waals surface area contributed by atoms with E-state index in [4.69, 9.17) is 27.9 Å². The summed E-state index contributed by atoms with van der Waals surface area (Å²) < 4.78 is 5.24. The highest BCUT2D eigenvalue weighted by atomic mass is 35.5. The first-order valence-electron chi connectivity index (χ1n) is 5.52. The van der Waals surface area contributed by atoms with Gasteiger partial charge in [0.1, 0.15) is 17.8 Å². The van der Waals surface area contributed by atoms with Crippen LogP contribution in [-0.4, -0.2) is 40.2 Å². The third kappa shape index (κ3) is 2.13.